The Bertz CT molecular complexity index is 468. The van der Waals surface area contributed by atoms with E-state index in [4.69, 9.17) is 16.3 Å². The average Bonchev–Trinajstić information content (AvgIpc) is 2.40. The molecule has 1 amide bonds. The van der Waals surface area contributed by atoms with E-state index in [2.05, 4.69) is 12.2 Å². The van der Waals surface area contributed by atoms with Crippen LogP contribution in [0.2, 0.25) is 5.02 Å². The number of hydrogen-bond acceptors (Lipinski definition) is 3. The average molecular weight is 319 g/mol. The minimum Gasteiger partial charge on any atom is -0.483 e. The van der Waals surface area contributed by atoms with Crippen molar-refractivity contribution in [1.29, 1.82) is 0 Å². The van der Waals surface area contributed by atoms with Gasteiger partial charge in [-0.3, -0.25) is 4.79 Å². The fraction of sp³-hybridized carbons (Fsp3) is 0.500. The minimum atomic E-state index is 0. The molecule has 0 bridgehead atoms. The number of carbonyl (C=O) groups is 1. The fourth-order valence-corrected chi connectivity index (χ4v) is 2.30. The molecule has 1 aliphatic heterocycles. The lowest BCUT2D eigenvalue weighted by atomic mass is 10.2. The number of carbonyl (C=O) groups excluding carboxylic acids is 1. The first-order valence-electron chi connectivity index (χ1n) is 6.47. The lowest BCUT2D eigenvalue weighted by Gasteiger charge is -2.31. The molecule has 1 aliphatic rings. The Hall–Kier alpha value is -0.970. The number of ether oxygens (including phenoxy) is 1. The standard InChI is InChI=1S/C14H19ClN2O2.ClH/c1-10-8-17(7-6-16-10)14(18)9-19-13-5-3-4-12(15)11(13)2;/h3-5,10,16H,6-9H2,1-2H3;1H. The highest BCUT2D eigenvalue weighted by atomic mass is 35.5. The molecule has 6 heteroatoms. The summed E-state index contributed by atoms with van der Waals surface area (Å²) in [4.78, 5) is 13.9. The van der Waals surface area contributed by atoms with Gasteiger partial charge < -0.3 is 15.0 Å². The van der Waals surface area contributed by atoms with E-state index in [1.807, 2.05) is 30.0 Å². The highest BCUT2D eigenvalue weighted by molar-refractivity contribution is 6.31. The van der Waals surface area contributed by atoms with Crippen LogP contribution in [0.25, 0.3) is 0 Å². The Balaban J connectivity index is 0.00000200. The lowest BCUT2D eigenvalue weighted by Crippen LogP contribution is -2.52. The Morgan fingerprint density at radius 2 is 2.30 bits per heavy atom. The van der Waals surface area contributed by atoms with Crippen LogP contribution < -0.4 is 10.1 Å². The molecule has 4 nitrogen and oxygen atoms in total. The first-order chi connectivity index (χ1) is 9.08. The minimum absolute atomic E-state index is 0. The van der Waals surface area contributed by atoms with Gasteiger partial charge in [0.1, 0.15) is 5.75 Å². The van der Waals surface area contributed by atoms with Gasteiger partial charge in [-0.05, 0) is 26.0 Å². The largest absolute Gasteiger partial charge is 0.483 e. The van der Waals surface area contributed by atoms with Gasteiger partial charge in [-0.2, -0.15) is 0 Å². The summed E-state index contributed by atoms with van der Waals surface area (Å²) in [5.41, 5.74) is 0.866. The molecule has 0 saturated carbocycles. The van der Waals surface area contributed by atoms with Crippen molar-refractivity contribution < 1.29 is 9.53 Å². The van der Waals surface area contributed by atoms with Gasteiger partial charge in [-0.1, -0.05) is 17.7 Å². The van der Waals surface area contributed by atoms with Crippen molar-refractivity contribution in [1.82, 2.24) is 10.2 Å². The molecule has 0 aliphatic carbocycles. The summed E-state index contributed by atoms with van der Waals surface area (Å²) < 4.78 is 5.57. The molecule has 20 heavy (non-hydrogen) atoms. The van der Waals surface area contributed by atoms with Crippen molar-refractivity contribution in [3.05, 3.63) is 28.8 Å². The van der Waals surface area contributed by atoms with Gasteiger partial charge in [-0.15, -0.1) is 12.4 Å². The molecule has 1 fully saturated rings. The van der Waals surface area contributed by atoms with Crippen LogP contribution in [-0.2, 0) is 4.79 Å². The van der Waals surface area contributed by atoms with Crippen LogP contribution in [0.1, 0.15) is 12.5 Å². The molecule has 1 heterocycles. The molecule has 1 saturated heterocycles. The fourth-order valence-electron chi connectivity index (χ4n) is 2.13. The van der Waals surface area contributed by atoms with E-state index < -0.39 is 0 Å². The van der Waals surface area contributed by atoms with Crippen molar-refractivity contribution in [2.24, 2.45) is 0 Å². The smallest absolute Gasteiger partial charge is 0.260 e. The molecular weight excluding hydrogens is 299 g/mol. The molecule has 1 N–H and O–H groups in total. The molecule has 1 unspecified atom stereocenters. The van der Waals surface area contributed by atoms with Gasteiger partial charge >= 0.3 is 0 Å². The maximum Gasteiger partial charge on any atom is 0.260 e. The van der Waals surface area contributed by atoms with E-state index in [0.29, 0.717) is 16.8 Å². The van der Waals surface area contributed by atoms with Gasteiger partial charge in [0.15, 0.2) is 6.61 Å². The number of nitrogens with one attached hydrogen (secondary N) is 1. The van der Waals surface area contributed by atoms with E-state index in [9.17, 15) is 4.79 Å². The second kappa shape index (κ2) is 7.72. The van der Waals surface area contributed by atoms with Crippen molar-refractivity contribution in [2.45, 2.75) is 19.9 Å². The Morgan fingerprint density at radius 3 is 3.00 bits per heavy atom. The first kappa shape index (κ1) is 17.1. The first-order valence-corrected chi connectivity index (χ1v) is 6.85. The highest BCUT2D eigenvalue weighted by Gasteiger charge is 2.20. The molecule has 0 radical (unpaired) electrons. The quantitative estimate of drug-likeness (QED) is 0.929. The Kier molecular flexibility index (Phi) is 6.59. The molecule has 1 aromatic carbocycles. The number of rotatable bonds is 3. The van der Waals surface area contributed by atoms with Crippen LogP contribution in [0.5, 0.6) is 5.75 Å². The predicted molar refractivity (Wildman–Crippen MR) is 83.0 cm³/mol. The third-order valence-electron chi connectivity index (χ3n) is 3.29. The molecule has 1 aromatic rings. The lowest BCUT2D eigenvalue weighted by molar-refractivity contribution is -0.134. The maximum atomic E-state index is 12.1. The number of piperazine rings is 1. The van der Waals surface area contributed by atoms with Crippen LogP contribution in [0.15, 0.2) is 18.2 Å². The maximum absolute atomic E-state index is 12.1. The van der Waals surface area contributed by atoms with E-state index in [-0.39, 0.29) is 24.9 Å². The number of halogens is 2. The number of benzene rings is 1. The summed E-state index contributed by atoms with van der Waals surface area (Å²) in [5.74, 6) is 0.691. The molecule has 0 spiro atoms. The van der Waals surface area contributed by atoms with Crippen molar-refractivity contribution >= 4 is 29.9 Å². The Labute approximate surface area is 130 Å². The summed E-state index contributed by atoms with van der Waals surface area (Å²) >= 11 is 6.01. The summed E-state index contributed by atoms with van der Waals surface area (Å²) in [7, 11) is 0. The third-order valence-corrected chi connectivity index (χ3v) is 3.70. The Morgan fingerprint density at radius 1 is 1.55 bits per heavy atom. The zero-order valence-corrected chi connectivity index (χ0v) is 13.3. The summed E-state index contributed by atoms with van der Waals surface area (Å²) in [6.45, 7) is 6.32. The van der Waals surface area contributed by atoms with Crippen molar-refractivity contribution in [3.63, 3.8) is 0 Å². The van der Waals surface area contributed by atoms with Crippen LogP contribution in [0.3, 0.4) is 0 Å². The van der Waals surface area contributed by atoms with Gasteiger partial charge in [0, 0.05) is 36.3 Å². The third kappa shape index (κ3) is 4.27. The second-order valence-corrected chi connectivity index (χ2v) is 5.25. The second-order valence-electron chi connectivity index (χ2n) is 4.85. The van der Waals surface area contributed by atoms with Crippen LogP contribution in [0, 0.1) is 6.92 Å². The SMILES string of the molecule is Cc1c(Cl)cccc1OCC(=O)N1CCNC(C)C1.Cl. The van der Waals surface area contributed by atoms with E-state index in [1.54, 1.807) is 0 Å². The number of hydrogen-bond donors (Lipinski definition) is 1. The normalized spacial score (nSPS) is 18.4. The molecule has 2 rings (SSSR count). The summed E-state index contributed by atoms with van der Waals surface area (Å²) in [6.07, 6.45) is 0. The van der Waals surface area contributed by atoms with E-state index >= 15 is 0 Å². The van der Waals surface area contributed by atoms with Gasteiger partial charge in [0.2, 0.25) is 0 Å². The van der Waals surface area contributed by atoms with Crippen molar-refractivity contribution in [2.75, 3.05) is 26.2 Å². The van der Waals surface area contributed by atoms with E-state index in [1.165, 1.54) is 0 Å². The number of amides is 1. The van der Waals surface area contributed by atoms with Gasteiger partial charge in [-0.25, -0.2) is 0 Å². The summed E-state index contributed by atoms with van der Waals surface area (Å²) in [6, 6.07) is 5.80. The van der Waals surface area contributed by atoms with E-state index in [0.717, 1.165) is 25.2 Å². The van der Waals surface area contributed by atoms with Crippen LogP contribution in [-0.4, -0.2) is 43.1 Å². The monoisotopic (exact) mass is 318 g/mol. The zero-order chi connectivity index (χ0) is 13.8. The van der Waals surface area contributed by atoms with Gasteiger partial charge in [0.25, 0.3) is 5.91 Å². The number of nitrogens with zero attached hydrogens (tertiary/aromatic N) is 1. The molecule has 1 atom stereocenters. The summed E-state index contributed by atoms with van der Waals surface area (Å²) in [5, 5.41) is 3.96. The van der Waals surface area contributed by atoms with Crippen LogP contribution in [0.4, 0.5) is 0 Å². The molecule has 112 valence electrons. The predicted octanol–water partition coefficient (Wildman–Crippen LogP) is 2.27. The molecule has 0 aromatic heterocycles. The van der Waals surface area contributed by atoms with Crippen LogP contribution >= 0.6 is 24.0 Å². The zero-order valence-electron chi connectivity index (χ0n) is 11.7. The van der Waals surface area contributed by atoms with Gasteiger partial charge in [0.05, 0.1) is 0 Å². The van der Waals surface area contributed by atoms with Crippen molar-refractivity contribution in [3.8, 4) is 5.75 Å². The molecular formula is C14H20Cl2N2O2. The topological polar surface area (TPSA) is 41.6 Å². The highest BCUT2D eigenvalue weighted by Crippen LogP contribution is 2.24.